The Bertz CT molecular complexity index is 530. The molecule has 100 valence electrons. The maximum Gasteiger partial charge on any atom is 0.235 e. The van der Waals surface area contributed by atoms with Gasteiger partial charge in [-0.2, -0.15) is 11.3 Å². The maximum absolute atomic E-state index is 11.3. The van der Waals surface area contributed by atoms with Crippen LogP contribution >= 0.6 is 22.9 Å². The molecule has 0 aliphatic carbocycles. The molecular weight excluding hydrogens is 282 g/mol. The quantitative estimate of drug-likeness (QED) is 0.832. The van der Waals surface area contributed by atoms with Crippen LogP contribution in [0.3, 0.4) is 0 Å². The molecule has 1 heterocycles. The molecule has 0 aliphatic heterocycles. The average molecular weight is 296 g/mol. The molecule has 0 bridgehead atoms. The van der Waals surface area contributed by atoms with Crippen LogP contribution in [0, 0.1) is 0 Å². The van der Waals surface area contributed by atoms with Crippen LogP contribution < -0.4 is 5.32 Å². The monoisotopic (exact) mass is 295 g/mol. The lowest BCUT2D eigenvalue weighted by atomic mass is 9.88. The molecule has 2 N–H and O–H groups in total. The zero-order chi connectivity index (χ0) is 13.7. The number of thiophene rings is 1. The van der Waals surface area contributed by atoms with Crippen LogP contribution in [-0.2, 0) is 10.4 Å². The number of nitrogens with one attached hydrogen (secondary N) is 1. The molecule has 1 unspecified atom stereocenters. The van der Waals surface area contributed by atoms with Crippen molar-refractivity contribution in [3.8, 4) is 0 Å². The fourth-order valence-corrected chi connectivity index (χ4v) is 2.68. The van der Waals surface area contributed by atoms with E-state index in [0.717, 1.165) is 11.1 Å². The predicted molar refractivity (Wildman–Crippen MR) is 77.5 cm³/mol. The third kappa shape index (κ3) is 3.15. The van der Waals surface area contributed by atoms with Crippen molar-refractivity contribution in [3.05, 3.63) is 58.3 Å². The minimum Gasteiger partial charge on any atom is -0.378 e. The smallest absolute Gasteiger partial charge is 0.235 e. The number of benzene rings is 1. The van der Waals surface area contributed by atoms with Crippen molar-refractivity contribution in [2.75, 3.05) is 12.4 Å². The molecular formula is C14H14ClNO2S. The molecule has 1 aromatic heterocycles. The number of carbonyl (C=O) groups excluding carboxylic acids is 1. The van der Waals surface area contributed by atoms with Gasteiger partial charge in [-0.1, -0.05) is 30.3 Å². The maximum atomic E-state index is 11.3. The second-order valence-corrected chi connectivity index (χ2v) is 5.20. The minimum absolute atomic E-state index is 0.0965. The molecule has 0 aliphatic rings. The first-order valence-corrected chi connectivity index (χ1v) is 7.28. The van der Waals surface area contributed by atoms with E-state index in [0.29, 0.717) is 0 Å². The highest BCUT2D eigenvalue weighted by Crippen LogP contribution is 2.30. The zero-order valence-corrected chi connectivity index (χ0v) is 11.7. The highest BCUT2D eigenvalue weighted by Gasteiger charge is 2.32. The van der Waals surface area contributed by atoms with E-state index in [4.69, 9.17) is 11.6 Å². The Hall–Kier alpha value is -1.36. The van der Waals surface area contributed by atoms with Crippen molar-refractivity contribution in [2.45, 2.75) is 5.60 Å². The van der Waals surface area contributed by atoms with Crippen molar-refractivity contribution in [3.63, 3.8) is 0 Å². The lowest BCUT2D eigenvalue weighted by Crippen LogP contribution is -2.41. The Labute approximate surface area is 120 Å². The van der Waals surface area contributed by atoms with Crippen molar-refractivity contribution in [1.82, 2.24) is 5.32 Å². The van der Waals surface area contributed by atoms with Crippen LogP contribution in [-0.4, -0.2) is 23.4 Å². The molecule has 2 rings (SSSR count). The van der Waals surface area contributed by atoms with Crippen molar-refractivity contribution in [2.24, 2.45) is 0 Å². The molecule has 0 saturated heterocycles. The zero-order valence-electron chi connectivity index (χ0n) is 10.2. The molecule has 1 atom stereocenters. The van der Waals surface area contributed by atoms with Crippen LogP contribution in [0.4, 0.5) is 0 Å². The summed E-state index contributed by atoms with van der Waals surface area (Å²) in [5.74, 6) is -0.416. The van der Waals surface area contributed by atoms with E-state index < -0.39 is 5.60 Å². The van der Waals surface area contributed by atoms with Crippen LogP contribution in [0.25, 0.3) is 0 Å². The molecule has 1 aromatic carbocycles. The van der Waals surface area contributed by atoms with Gasteiger partial charge in [0.1, 0.15) is 11.5 Å². The van der Waals surface area contributed by atoms with E-state index >= 15 is 0 Å². The SMILES string of the molecule is O=C(CCl)NCC(O)(c1ccccc1)c1ccsc1. The van der Waals surface area contributed by atoms with E-state index in [2.05, 4.69) is 5.32 Å². The number of hydrogen-bond acceptors (Lipinski definition) is 3. The van der Waals surface area contributed by atoms with Crippen LogP contribution in [0.5, 0.6) is 0 Å². The average Bonchev–Trinajstić information content (AvgIpc) is 3.00. The Balaban J connectivity index is 2.31. The summed E-state index contributed by atoms with van der Waals surface area (Å²) in [6.07, 6.45) is 0. The lowest BCUT2D eigenvalue weighted by Gasteiger charge is -2.28. The van der Waals surface area contributed by atoms with E-state index in [1.54, 1.807) is 0 Å². The molecule has 0 radical (unpaired) electrons. The number of rotatable bonds is 5. The highest BCUT2D eigenvalue weighted by molar-refractivity contribution is 7.08. The van der Waals surface area contributed by atoms with E-state index in [1.165, 1.54) is 11.3 Å². The fourth-order valence-electron chi connectivity index (χ4n) is 1.86. The van der Waals surface area contributed by atoms with Gasteiger partial charge in [0, 0.05) is 5.56 Å². The van der Waals surface area contributed by atoms with Crippen molar-refractivity contribution >= 4 is 28.8 Å². The summed E-state index contributed by atoms with van der Waals surface area (Å²) in [4.78, 5) is 11.3. The predicted octanol–water partition coefficient (Wildman–Crippen LogP) is 2.34. The number of hydrogen-bond donors (Lipinski definition) is 2. The lowest BCUT2D eigenvalue weighted by molar-refractivity contribution is -0.119. The molecule has 3 nitrogen and oxygen atoms in total. The van der Waals surface area contributed by atoms with Gasteiger partial charge in [0.15, 0.2) is 0 Å². The van der Waals surface area contributed by atoms with Gasteiger partial charge in [-0.25, -0.2) is 0 Å². The third-order valence-corrected chi connectivity index (χ3v) is 3.84. The second kappa shape index (κ2) is 6.19. The van der Waals surface area contributed by atoms with Gasteiger partial charge in [-0.3, -0.25) is 4.79 Å². The van der Waals surface area contributed by atoms with Crippen LogP contribution in [0.2, 0.25) is 0 Å². The molecule has 0 saturated carbocycles. The second-order valence-electron chi connectivity index (χ2n) is 4.15. The Kier molecular flexibility index (Phi) is 4.58. The summed E-state index contributed by atoms with van der Waals surface area (Å²) < 4.78 is 0. The molecule has 2 aromatic rings. The topological polar surface area (TPSA) is 49.3 Å². The van der Waals surface area contributed by atoms with Gasteiger partial charge in [-0.05, 0) is 22.4 Å². The Morgan fingerprint density at radius 3 is 2.58 bits per heavy atom. The van der Waals surface area contributed by atoms with Gasteiger partial charge in [0.2, 0.25) is 5.91 Å². The Morgan fingerprint density at radius 2 is 2.00 bits per heavy atom. The van der Waals surface area contributed by atoms with Gasteiger partial charge < -0.3 is 10.4 Å². The summed E-state index contributed by atoms with van der Waals surface area (Å²) in [5.41, 5.74) is 0.269. The molecule has 0 fully saturated rings. The summed E-state index contributed by atoms with van der Waals surface area (Å²) in [7, 11) is 0. The van der Waals surface area contributed by atoms with Gasteiger partial charge >= 0.3 is 0 Å². The van der Waals surface area contributed by atoms with Gasteiger partial charge in [-0.15, -0.1) is 11.6 Å². The fraction of sp³-hybridized carbons (Fsp3) is 0.214. The molecule has 5 heteroatoms. The van der Waals surface area contributed by atoms with Gasteiger partial charge in [0.25, 0.3) is 0 Å². The minimum atomic E-state index is -1.23. The van der Waals surface area contributed by atoms with E-state index in [-0.39, 0.29) is 18.3 Å². The Morgan fingerprint density at radius 1 is 1.26 bits per heavy atom. The highest BCUT2D eigenvalue weighted by atomic mass is 35.5. The largest absolute Gasteiger partial charge is 0.378 e. The normalized spacial score (nSPS) is 13.8. The number of carbonyl (C=O) groups is 1. The van der Waals surface area contributed by atoms with E-state index in [9.17, 15) is 9.90 Å². The summed E-state index contributed by atoms with van der Waals surface area (Å²) >= 11 is 6.96. The first-order valence-electron chi connectivity index (χ1n) is 5.80. The first-order chi connectivity index (χ1) is 9.16. The first kappa shape index (κ1) is 14.1. The van der Waals surface area contributed by atoms with Crippen molar-refractivity contribution in [1.29, 1.82) is 0 Å². The standard InChI is InChI=1S/C14H14ClNO2S/c15-8-13(17)16-10-14(18,12-6-7-19-9-12)11-4-2-1-3-5-11/h1-7,9,18H,8,10H2,(H,16,17). The number of aliphatic hydroxyl groups is 1. The van der Waals surface area contributed by atoms with Gasteiger partial charge in [0.05, 0.1) is 6.54 Å². The van der Waals surface area contributed by atoms with Crippen LogP contribution in [0.15, 0.2) is 47.2 Å². The number of halogens is 1. The van der Waals surface area contributed by atoms with Crippen LogP contribution in [0.1, 0.15) is 11.1 Å². The molecule has 0 spiro atoms. The molecule has 19 heavy (non-hydrogen) atoms. The summed E-state index contributed by atoms with van der Waals surface area (Å²) in [6.45, 7) is 0.0965. The summed E-state index contributed by atoms with van der Waals surface area (Å²) in [5, 5.41) is 17.3. The molecule has 1 amide bonds. The summed E-state index contributed by atoms with van der Waals surface area (Å²) in [6, 6.07) is 11.1. The van der Waals surface area contributed by atoms with Crippen molar-refractivity contribution < 1.29 is 9.90 Å². The number of alkyl halides is 1. The third-order valence-electron chi connectivity index (χ3n) is 2.91. The van der Waals surface area contributed by atoms with E-state index in [1.807, 2.05) is 47.2 Å². The number of amides is 1.